The van der Waals surface area contributed by atoms with Crippen molar-refractivity contribution >= 4 is 34.7 Å². The van der Waals surface area contributed by atoms with Gasteiger partial charge in [0.2, 0.25) is 0 Å². The first-order chi connectivity index (χ1) is 15.3. The van der Waals surface area contributed by atoms with Crippen LogP contribution in [0, 0.1) is 18.8 Å². The summed E-state index contributed by atoms with van der Waals surface area (Å²) in [5.41, 5.74) is 1.06. The van der Waals surface area contributed by atoms with Gasteiger partial charge in [0.25, 0.3) is 0 Å². The van der Waals surface area contributed by atoms with E-state index in [2.05, 4.69) is 20.8 Å². The van der Waals surface area contributed by atoms with Gasteiger partial charge in [-0.2, -0.15) is 0 Å². The number of unbranched alkanes of at least 4 members (excludes halogenated alkanes) is 3. The number of aryl methyl sites for hydroxylation is 1. The second kappa shape index (κ2) is 13.5. The minimum absolute atomic E-state index is 0.175. The van der Waals surface area contributed by atoms with Crippen LogP contribution in [0.3, 0.4) is 0 Å². The summed E-state index contributed by atoms with van der Waals surface area (Å²) >= 11 is -2.42. The fourth-order valence-corrected chi connectivity index (χ4v) is 24.9. The zero-order chi connectivity index (χ0) is 23.6. The first kappa shape index (κ1) is 27.8. The van der Waals surface area contributed by atoms with E-state index in [0.717, 1.165) is 11.8 Å². The first-order valence-electron chi connectivity index (χ1n) is 12.8. The fraction of sp³-hybridized carbons (Fsp3) is 0.731. The number of carbonyl (C=O) groups excluding carboxylic acids is 1. The Kier molecular flexibility index (Phi) is 11.7. The second-order valence-electron chi connectivity index (χ2n) is 10.1. The van der Waals surface area contributed by atoms with Crippen molar-refractivity contribution in [3.63, 3.8) is 0 Å². The van der Waals surface area contributed by atoms with Crippen molar-refractivity contribution in [1.29, 1.82) is 0 Å². The number of hydrogen-bond acceptors (Lipinski definition) is 3. The van der Waals surface area contributed by atoms with Crippen LogP contribution < -0.4 is 0 Å². The summed E-state index contributed by atoms with van der Waals surface area (Å²) in [6.07, 6.45) is 9.19. The molecule has 1 heterocycles. The molecular formula is C26H45NO3SSn. The molecule has 0 N–H and O–H groups in total. The van der Waals surface area contributed by atoms with Gasteiger partial charge in [0, 0.05) is 0 Å². The summed E-state index contributed by atoms with van der Waals surface area (Å²) in [5.74, 6) is 0.524. The van der Waals surface area contributed by atoms with Crippen LogP contribution in [0.2, 0.25) is 17.7 Å². The van der Waals surface area contributed by atoms with Crippen LogP contribution in [0.5, 0.6) is 0 Å². The van der Waals surface area contributed by atoms with Gasteiger partial charge in [0.05, 0.1) is 0 Å². The standard InChI is InChI=1S/C14H18NO3S.3C4H9.Sn/c1-11-3-5-14(6-4-11)19(17,18)15-9-12(2)13(10-15)7-8-16;3*1-3-4-2;/h3-6,8,12-13H,2,7,9-10H2,1H3;3*1,3-4H2,2H3;/t12-,13+;;;;/m0..../s1. The van der Waals surface area contributed by atoms with Crippen molar-refractivity contribution in [2.45, 2.75) is 95.3 Å². The Morgan fingerprint density at radius 3 is 1.88 bits per heavy atom. The molecule has 182 valence electrons. The Morgan fingerprint density at radius 1 is 0.906 bits per heavy atom. The van der Waals surface area contributed by atoms with Crippen LogP contribution in [0.1, 0.15) is 71.3 Å². The van der Waals surface area contributed by atoms with Gasteiger partial charge >= 0.3 is 202 Å². The van der Waals surface area contributed by atoms with Gasteiger partial charge in [-0.3, -0.25) is 0 Å². The average molecular weight is 570 g/mol. The normalized spacial score (nSPS) is 20.0. The van der Waals surface area contributed by atoms with E-state index < -0.39 is 28.4 Å². The molecule has 6 heteroatoms. The Labute approximate surface area is 201 Å². The summed E-state index contributed by atoms with van der Waals surface area (Å²) in [5, 5.41) is 0. The first-order valence-corrected chi connectivity index (χ1v) is 22.3. The third-order valence-corrected chi connectivity index (χ3v) is 25.4. The summed E-state index contributed by atoms with van der Waals surface area (Å²) < 4.78 is 34.0. The molecule has 0 aromatic heterocycles. The molecule has 4 nitrogen and oxygen atoms in total. The molecule has 1 aromatic rings. The third kappa shape index (κ3) is 7.56. The molecule has 32 heavy (non-hydrogen) atoms. The van der Waals surface area contributed by atoms with Crippen molar-refractivity contribution in [3.05, 3.63) is 29.8 Å². The zero-order valence-corrected chi connectivity index (χ0v) is 24.5. The maximum absolute atomic E-state index is 13.4. The van der Waals surface area contributed by atoms with Gasteiger partial charge in [-0.05, 0) is 0 Å². The van der Waals surface area contributed by atoms with Crippen molar-refractivity contribution in [3.8, 4) is 0 Å². The van der Waals surface area contributed by atoms with Crippen molar-refractivity contribution < 1.29 is 13.2 Å². The third-order valence-electron chi connectivity index (χ3n) is 7.48. The average Bonchev–Trinajstić information content (AvgIpc) is 3.18. The fourth-order valence-electron chi connectivity index (χ4n) is 5.47. The molecule has 0 amide bonds. The number of rotatable bonds is 15. The van der Waals surface area contributed by atoms with E-state index in [-0.39, 0.29) is 5.92 Å². The molecule has 0 spiro atoms. The molecule has 1 aromatic carbocycles. The number of carbonyl (C=O) groups is 1. The van der Waals surface area contributed by atoms with Crippen LogP contribution in [-0.2, 0) is 14.8 Å². The molecule has 1 fully saturated rings. The van der Waals surface area contributed by atoms with E-state index in [1.165, 1.54) is 56.3 Å². The van der Waals surface area contributed by atoms with Gasteiger partial charge in [-0.25, -0.2) is 0 Å². The van der Waals surface area contributed by atoms with Gasteiger partial charge in [-0.1, -0.05) is 0 Å². The predicted octanol–water partition coefficient (Wildman–Crippen LogP) is 6.67. The van der Waals surface area contributed by atoms with Crippen LogP contribution in [0.25, 0.3) is 0 Å². The number of hydrogen-bond donors (Lipinski definition) is 0. The molecule has 2 rings (SSSR count). The SMILES string of the molecule is CCC[CH2][Sn]([CH2]CCC)([CH2]CCC)[CH2][C@H]1CN(S(=O)(=O)c2ccc(C)cc2)C[C@H]1CC=O. The van der Waals surface area contributed by atoms with Crippen molar-refractivity contribution in [2.24, 2.45) is 11.8 Å². The monoisotopic (exact) mass is 571 g/mol. The molecule has 0 radical (unpaired) electrons. The molecule has 0 saturated carbocycles. The molecule has 0 bridgehead atoms. The Bertz CT molecular complexity index is 772. The quantitative estimate of drug-likeness (QED) is 0.175. The van der Waals surface area contributed by atoms with Crippen molar-refractivity contribution in [2.75, 3.05) is 13.1 Å². The van der Waals surface area contributed by atoms with Gasteiger partial charge in [0.15, 0.2) is 0 Å². The Morgan fingerprint density at radius 2 is 1.41 bits per heavy atom. The summed E-state index contributed by atoms with van der Waals surface area (Å²) in [6, 6.07) is 7.18. The number of sulfonamides is 1. The van der Waals surface area contributed by atoms with Crippen LogP contribution in [0.15, 0.2) is 29.2 Å². The van der Waals surface area contributed by atoms with E-state index in [1.54, 1.807) is 16.4 Å². The van der Waals surface area contributed by atoms with E-state index in [1.807, 2.05) is 19.1 Å². The number of nitrogens with zero attached hydrogens (tertiary/aromatic N) is 1. The number of benzene rings is 1. The van der Waals surface area contributed by atoms with Gasteiger partial charge < -0.3 is 0 Å². The molecule has 1 aliphatic rings. The summed E-state index contributed by atoms with van der Waals surface area (Å²) in [7, 11) is -3.51. The van der Waals surface area contributed by atoms with E-state index in [4.69, 9.17) is 0 Å². The van der Waals surface area contributed by atoms with Gasteiger partial charge in [0.1, 0.15) is 0 Å². The zero-order valence-electron chi connectivity index (χ0n) is 20.8. The van der Waals surface area contributed by atoms with Gasteiger partial charge in [-0.15, -0.1) is 0 Å². The molecule has 1 saturated heterocycles. The van der Waals surface area contributed by atoms with E-state index >= 15 is 0 Å². The van der Waals surface area contributed by atoms with Crippen LogP contribution in [-0.4, -0.2) is 50.5 Å². The van der Waals surface area contributed by atoms with Crippen LogP contribution in [0.4, 0.5) is 0 Å². The Hall–Kier alpha value is -0.401. The molecule has 1 aliphatic heterocycles. The van der Waals surface area contributed by atoms with E-state index in [9.17, 15) is 13.2 Å². The molecule has 0 unspecified atom stereocenters. The predicted molar refractivity (Wildman–Crippen MR) is 137 cm³/mol. The second-order valence-corrected chi connectivity index (χ2v) is 26.0. The summed E-state index contributed by atoms with van der Waals surface area (Å²) in [6.45, 7) is 9.93. The minimum atomic E-state index is -3.51. The maximum atomic E-state index is 13.4. The van der Waals surface area contributed by atoms with Crippen molar-refractivity contribution in [1.82, 2.24) is 4.31 Å². The molecular weight excluding hydrogens is 525 g/mol. The van der Waals surface area contributed by atoms with E-state index in [0.29, 0.717) is 30.3 Å². The number of aldehydes is 1. The van der Waals surface area contributed by atoms with Crippen LogP contribution >= 0.6 is 0 Å². The summed E-state index contributed by atoms with van der Waals surface area (Å²) in [4.78, 5) is 11.9. The Balaban J connectivity index is 2.28. The molecule has 2 atom stereocenters. The topological polar surface area (TPSA) is 54.5 Å². The molecule has 0 aliphatic carbocycles.